The number of hydrogen-bond donors (Lipinski definition) is 4. The van der Waals surface area contributed by atoms with Gasteiger partial charge in [0, 0.05) is 0 Å². The van der Waals surface area contributed by atoms with Crippen LogP contribution in [0.15, 0.2) is 0 Å². The molecule has 0 aliphatic carbocycles. The highest BCUT2D eigenvalue weighted by molar-refractivity contribution is 7.86. The fraction of sp³-hybridized carbons (Fsp3) is 1.00. The van der Waals surface area contributed by atoms with E-state index in [0.29, 0.717) is 0 Å². The lowest BCUT2D eigenvalue weighted by molar-refractivity contribution is -0.0510. The summed E-state index contributed by atoms with van der Waals surface area (Å²) in [5.41, 5.74) is -1.51. The van der Waals surface area contributed by atoms with E-state index in [0.717, 1.165) is 0 Å². The van der Waals surface area contributed by atoms with E-state index in [-0.39, 0.29) is 0 Å². The fourth-order valence-electron chi connectivity index (χ4n) is 0. The lowest BCUT2D eigenvalue weighted by Crippen LogP contribution is -2.21. The number of hydrogen-bond acceptors (Lipinski definition) is 3. The minimum absolute atomic E-state index is 4.02. The van der Waals surface area contributed by atoms with Crippen molar-refractivity contribution >= 4 is 17.9 Å². The third-order valence-corrected chi connectivity index (χ3v) is 0.877. The van der Waals surface area contributed by atoms with Crippen molar-refractivity contribution in [3.8, 4) is 0 Å². The van der Waals surface area contributed by atoms with Crippen LogP contribution in [0.3, 0.4) is 0 Å². The van der Waals surface area contributed by atoms with Crippen LogP contribution in [-0.2, 0) is 14.7 Å². The Bertz CT molecular complexity index is 279. The summed E-state index contributed by atoms with van der Waals surface area (Å²) in [6.45, 7) is 0. The van der Waals surface area contributed by atoms with Crippen LogP contribution in [0.25, 0.3) is 0 Å². The number of halogens is 3. The summed E-state index contributed by atoms with van der Waals surface area (Å²) < 4.78 is 66.6. The van der Waals surface area contributed by atoms with E-state index < -0.39 is 23.4 Å². The van der Waals surface area contributed by atoms with Crippen molar-refractivity contribution in [2.24, 2.45) is 5.50 Å². The van der Waals surface area contributed by atoms with Crippen molar-refractivity contribution in [1.29, 1.82) is 0 Å². The first-order chi connectivity index (χ1) is 5.25. The summed E-state index contributed by atoms with van der Waals surface area (Å²) in [5.74, 6) is 0. The molecule has 0 aliphatic rings. The minimum Gasteiger partial charge on any atom is -0.313 e. The molecular formula is CH5F3NO6PS. The van der Waals surface area contributed by atoms with Crippen molar-refractivity contribution < 1.29 is 40.5 Å². The molecule has 13 heavy (non-hydrogen) atoms. The van der Waals surface area contributed by atoms with Gasteiger partial charge in [-0.25, -0.2) is 10.1 Å². The molecule has 0 spiro atoms. The van der Waals surface area contributed by atoms with E-state index in [9.17, 15) is 13.2 Å². The monoisotopic (exact) mass is 247 g/mol. The largest absolute Gasteiger partial charge is 0.522 e. The van der Waals surface area contributed by atoms with Gasteiger partial charge in [0.2, 0.25) is 0 Å². The number of alkyl halides is 3. The van der Waals surface area contributed by atoms with E-state index in [1.54, 1.807) is 0 Å². The molecule has 0 aromatic heterocycles. The molecule has 0 rings (SSSR count). The van der Waals surface area contributed by atoms with Gasteiger partial charge in [-0.1, -0.05) is 0 Å². The lowest BCUT2D eigenvalue weighted by atomic mass is 11.6. The van der Waals surface area contributed by atoms with E-state index in [1.165, 1.54) is 0 Å². The number of rotatable bonds is 0. The smallest absolute Gasteiger partial charge is 0.313 e. The zero-order valence-corrected chi connectivity index (χ0v) is 7.34. The Hall–Kier alpha value is -0.190. The highest BCUT2D eigenvalue weighted by Crippen LogP contribution is 2.20. The topological polar surface area (TPSA) is 138 Å². The predicted octanol–water partition coefficient (Wildman–Crippen LogP) is -0.568. The zero-order chi connectivity index (χ0) is 11.5. The van der Waals surface area contributed by atoms with Crippen LogP contribution in [0, 0.1) is 0 Å². The first-order valence-corrected chi connectivity index (χ1v) is 5.25. The average molecular weight is 247 g/mol. The van der Waals surface area contributed by atoms with Gasteiger partial charge in [-0.05, 0) is 0 Å². The van der Waals surface area contributed by atoms with Gasteiger partial charge in [0.15, 0.2) is 0 Å². The molecule has 0 unspecified atom stereocenters. The van der Waals surface area contributed by atoms with E-state index >= 15 is 0 Å². The zero-order valence-electron chi connectivity index (χ0n) is 5.63. The van der Waals surface area contributed by atoms with Gasteiger partial charge in [0.25, 0.3) is 0 Å². The Morgan fingerprint density at radius 3 is 1.31 bits per heavy atom. The Morgan fingerprint density at radius 1 is 1.23 bits per heavy atom. The van der Waals surface area contributed by atoms with Gasteiger partial charge in [0.1, 0.15) is 0 Å². The maximum absolute atomic E-state index is 10.7. The Morgan fingerprint density at radius 2 is 1.31 bits per heavy atom. The third kappa shape index (κ3) is 14.6. The molecule has 0 atom stereocenters. The molecule has 0 saturated carbocycles. The van der Waals surface area contributed by atoms with Crippen molar-refractivity contribution in [1.82, 2.24) is 0 Å². The molecule has 0 aromatic rings. The van der Waals surface area contributed by atoms with Crippen molar-refractivity contribution in [2.45, 2.75) is 5.51 Å². The molecule has 0 heterocycles. The van der Waals surface area contributed by atoms with Crippen molar-refractivity contribution in [2.75, 3.05) is 0 Å². The Balaban J connectivity index is 0. The van der Waals surface area contributed by atoms with Crippen molar-refractivity contribution in [3.05, 3.63) is 0 Å². The lowest BCUT2D eigenvalue weighted by Gasteiger charge is -1.97. The maximum atomic E-state index is 10.7. The minimum atomic E-state index is -5.84. The average Bonchev–Trinajstić information content (AvgIpc) is 1.50. The van der Waals surface area contributed by atoms with Crippen LogP contribution in [0.1, 0.15) is 0 Å². The molecule has 12 heteroatoms. The Kier molecular flexibility index (Phi) is 5.12. The summed E-state index contributed by atoms with van der Waals surface area (Å²) in [7, 11) is -9.98. The number of nitrogens with two attached hydrogens (primary N) is 1. The van der Waals surface area contributed by atoms with Crippen LogP contribution in [0.2, 0.25) is 0 Å². The third-order valence-electron chi connectivity index (χ3n) is 0.292. The molecule has 7 nitrogen and oxygen atoms in total. The van der Waals surface area contributed by atoms with Crippen LogP contribution < -0.4 is 5.50 Å². The molecule has 0 amide bonds. The van der Waals surface area contributed by atoms with Crippen molar-refractivity contribution in [3.63, 3.8) is 0 Å². The summed E-state index contributed by atoms with van der Waals surface area (Å²) >= 11 is 0. The second kappa shape index (κ2) is 4.35. The molecule has 0 saturated heterocycles. The summed E-state index contributed by atoms with van der Waals surface area (Å²) in [6, 6.07) is 0. The molecule has 82 valence electrons. The molecule has 0 aromatic carbocycles. The van der Waals surface area contributed by atoms with E-state index in [1.807, 2.05) is 0 Å². The first kappa shape index (κ1) is 15.3. The van der Waals surface area contributed by atoms with Gasteiger partial charge in [-0.2, -0.15) is 21.6 Å². The summed E-state index contributed by atoms with van der Waals surface area (Å²) in [4.78, 5) is 14.8. The SMILES string of the molecule is NP(=O)(O)O.O=S(=O)(O)C(F)(F)F. The van der Waals surface area contributed by atoms with Gasteiger partial charge in [-0.15, -0.1) is 0 Å². The fourth-order valence-corrected chi connectivity index (χ4v) is 0. The second-order valence-electron chi connectivity index (χ2n) is 1.51. The summed E-state index contributed by atoms with van der Waals surface area (Å²) in [5, 5.41) is 0. The highest BCUT2D eigenvalue weighted by Gasteiger charge is 2.44. The standard InChI is InChI=1S/CHF3O3S.H4NO3P/c2-1(3,4)8(5,6)7;1-5(2,3)4/h(H,5,6,7);(H4,1,2,3,4). The normalized spacial score (nSPS) is 13.2. The van der Waals surface area contributed by atoms with Gasteiger partial charge < -0.3 is 9.79 Å². The molecule has 5 N–H and O–H groups in total. The highest BCUT2D eigenvalue weighted by atomic mass is 32.2. The quantitative estimate of drug-likeness (QED) is 0.255. The maximum Gasteiger partial charge on any atom is 0.522 e. The van der Waals surface area contributed by atoms with Gasteiger partial charge in [0.05, 0.1) is 0 Å². The van der Waals surface area contributed by atoms with Crippen LogP contribution in [0.5, 0.6) is 0 Å². The van der Waals surface area contributed by atoms with Crippen LogP contribution in [0.4, 0.5) is 13.2 Å². The predicted molar refractivity (Wildman–Crippen MR) is 33.8 cm³/mol. The molecular weight excluding hydrogens is 242 g/mol. The molecule has 0 aliphatic heterocycles. The summed E-state index contributed by atoms with van der Waals surface area (Å²) in [6.07, 6.45) is 0. The first-order valence-electron chi connectivity index (χ1n) is 2.13. The molecule has 0 fully saturated rings. The van der Waals surface area contributed by atoms with Crippen LogP contribution in [-0.4, -0.2) is 28.3 Å². The molecule has 0 radical (unpaired) electrons. The van der Waals surface area contributed by atoms with Gasteiger partial charge in [-0.3, -0.25) is 4.55 Å². The van der Waals surface area contributed by atoms with Gasteiger partial charge >= 0.3 is 23.4 Å². The van der Waals surface area contributed by atoms with E-state index in [4.69, 9.17) is 27.3 Å². The van der Waals surface area contributed by atoms with Crippen LogP contribution >= 0.6 is 7.75 Å². The van der Waals surface area contributed by atoms with E-state index in [2.05, 4.69) is 5.50 Å². The Labute approximate surface area is 70.3 Å². The second-order valence-corrected chi connectivity index (χ2v) is 4.10. The molecule has 0 bridgehead atoms.